The fourth-order valence-electron chi connectivity index (χ4n) is 0. The van der Waals surface area contributed by atoms with Crippen molar-refractivity contribution in [2.75, 3.05) is 6.54 Å². The van der Waals surface area contributed by atoms with E-state index in [1.54, 1.807) is 0 Å². The van der Waals surface area contributed by atoms with Crippen molar-refractivity contribution in [2.24, 2.45) is 5.73 Å². The van der Waals surface area contributed by atoms with Crippen molar-refractivity contribution in [3.63, 3.8) is 0 Å². The van der Waals surface area contributed by atoms with Gasteiger partial charge in [0.15, 0.2) is 0 Å². The standard InChI is InChI=1S/C3H5N.C2H7N/c1-2-3-4;1-2-3/h2H2,1H3;2-3H2,1H3. The lowest BCUT2D eigenvalue weighted by molar-refractivity contribution is 1.14. The van der Waals surface area contributed by atoms with E-state index >= 15 is 0 Å². The lowest BCUT2D eigenvalue weighted by Crippen LogP contribution is -1.87. The molecule has 2 heteroatoms. The second kappa shape index (κ2) is 18.0. The minimum absolute atomic E-state index is 0.625. The summed E-state index contributed by atoms with van der Waals surface area (Å²) < 4.78 is 0. The normalized spacial score (nSPS) is 5.43. The van der Waals surface area contributed by atoms with Gasteiger partial charge in [0.2, 0.25) is 0 Å². The highest BCUT2D eigenvalue weighted by atomic mass is 14.5. The van der Waals surface area contributed by atoms with Gasteiger partial charge in [0, 0.05) is 6.42 Å². The van der Waals surface area contributed by atoms with E-state index in [2.05, 4.69) is 0 Å². The van der Waals surface area contributed by atoms with Crippen molar-refractivity contribution in [1.29, 1.82) is 5.26 Å². The first-order valence-corrected chi connectivity index (χ1v) is 2.40. The topological polar surface area (TPSA) is 49.8 Å². The maximum atomic E-state index is 7.62. The highest BCUT2D eigenvalue weighted by molar-refractivity contribution is 4.61. The van der Waals surface area contributed by atoms with Crippen LogP contribution < -0.4 is 5.73 Å². The molecule has 0 aromatic heterocycles. The van der Waals surface area contributed by atoms with E-state index in [1.807, 2.05) is 19.9 Å². The van der Waals surface area contributed by atoms with Gasteiger partial charge >= 0.3 is 0 Å². The van der Waals surface area contributed by atoms with Gasteiger partial charge in [-0.3, -0.25) is 0 Å². The molecule has 0 heterocycles. The third kappa shape index (κ3) is 320. The van der Waals surface area contributed by atoms with Gasteiger partial charge in [0.05, 0.1) is 6.07 Å². The second-order valence-electron chi connectivity index (χ2n) is 0.920. The molecule has 0 aliphatic carbocycles. The van der Waals surface area contributed by atoms with Crippen molar-refractivity contribution in [3.8, 4) is 6.07 Å². The molecule has 0 fully saturated rings. The fourth-order valence-corrected chi connectivity index (χ4v) is 0. The summed E-state index contributed by atoms with van der Waals surface area (Å²) in [6.45, 7) is 4.47. The predicted octanol–water partition coefficient (Wildman–Crippen LogP) is 0.885. The Balaban J connectivity index is 0. The summed E-state index contributed by atoms with van der Waals surface area (Å²) >= 11 is 0. The smallest absolute Gasteiger partial charge is 0.0618 e. The van der Waals surface area contributed by atoms with Gasteiger partial charge < -0.3 is 5.73 Å². The van der Waals surface area contributed by atoms with Crippen LogP contribution in [0.2, 0.25) is 0 Å². The largest absolute Gasteiger partial charge is 0.331 e. The molecule has 0 unspecified atom stereocenters. The van der Waals surface area contributed by atoms with E-state index < -0.39 is 0 Å². The SMILES string of the molecule is CCC#N.CCN. The summed E-state index contributed by atoms with van der Waals surface area (Å²) in [4.78, 5) is 0. The van der Waals surface area contributed by atoms with Crippen molar-refractivity contribution < 1.29 is 0 Å². The monoisotopic (exact) mass is 100 g/mol. The second-order valence-corrected chi connectivity index (χ2v) is 0.920. The van der Waals surface area contributed by atoms with Crippen LogP contribution in [-0.2, 0) is 0 Å². The number of nitrogens with zero attached hydrogens (tertiary/aromatic N) is 1. The summed E-state index contributed by atoms with van der Waals surface area (Å²) in [6, 6.07) is 1.93. The Morgan fingerprint density at radius 3 is 1.71 bits per heavy atom. The van der Waals surface area contributed by atoms with E-state index in [0.29, 0.717) is 6.42 Å². The zero-order chi connectivity index (χ0) is 6.12. The molecule has 2 N–H and O–H groups in total. The molecule has 0 atom stereocenters. The Bertz CT molecular complexity index is 44.5. The van der Waals surface area contributed by atoms with Crippen LogP contribution in [0.3, 0.4) is 0 Å². The third-order valence-electron chi connectivity index (χ3n) is 0.158. The molecule has 0 bridgehead atoms. The third-order valence-corrected chi connectivity index (χ3v) is 0.158. The highest BCUT2D eigenvalue weighted by Gasteiger charge is 1.49. The predicted molar refractivity (Wildman–Crippen MR) is 30.6 cm³/mol. The Morgan fingerprint density at radius 1 is 1.57 bits per heavy atom. The van der Waals surface area contributed by atoms with Crippen molar-refractivity contribution in [2.45, 2.75) is 20.3 Å². The van der Waals surface area contributed by atoms with Crippen molar-refractivity contribution in [3.05, 3.63) is 0 Å². The number of rotatable bonds is 0. The van der Waals surface area contributed by atoms with Gasteiger partial charge in [-0.1, -0.05) is 13.8 Å². The Labute approximate surface area is 44.9 Å². The number of hydrogen-bond acceptors (Lipinski definition) is 2. The number of nitriles is 1. The van der Waals surface area contributed by atoms with E-state index in [9.17, 15) is 0 Å². The van der Waals surface area contributed by atoms with Crippen LogP contribution in [-0.4, -0.2) is 6.54 Å². The van der Waals surface area contributed by atoms with E-state index in [1.165, 1.54) is 0 Å². The first kappa shape index (κ1) is 9.67. The molecular weight excluding hydrogens is 88.1 g/mol. The zero-order valence-corrected chi connectivity index (χ0v) is 4.94. The average molecular weight is 100 g/mol. The fraction of sp³-hybridized carbons (Fsp3) is 0.800. The molecule has 2 nitrogen and oxygen atoms in total. The zero-order valence-electron chi connectivity index (χ0n) is 4.94. The van der Waals surface area contributed by atoms with Crippen LogP contribution in [0.1, 0.15) is 20.3 Å². The van der Waals surface area contributed by atoms with E-state index in [4.69, 9.17) is 11.0 Å². The lowest BCUT2D eigenvalue weighted by atomic mass is 10.6. The van der Waals surface area contributed by atoms with Gasteiger partial charge in [0.25, 0.3) is 0 Å². The van der Waals surface area contributed by atoms with Crippen molar-refractivity contribution >= 4 is 0 Å². The maximum Gasteiger partial charge on any atom is 0.0618 e. The Morgan fingerprint density at radius 2 is 1.71 bits per heavy atom. The summed E-state index contributed by atoms with van der Waals surface area (Å²) in [6.07, 6.45) is 0.625. The van der Waals surface area contributed by atoms with E-state index in [-0.39, 0.29) is 0 Å². The molecule has 0 saturated heterocycles. The van der Waals surface area contributed by atoms with Gasteiger partial charge in [-0.15, -0.1) is 0 Å². The highest BCUT2D eigenvalue weighted by Crippen LogP contribution is 1.58. The molecular formula is C5H12N2. The average Bonchev–Trinajstić information content (AvgIpc) is 1.69. The molecule has 0 spiro atoms. The van der Waals surface area contributed by atoms with Crippen LogP contribution in [0, 0.1) is 11.3 Å². The molecule has 7 heavy (non-hydrogen) atoms. The van der Waals surface area contributed by atoms with Crippen LogP contribution in [0.4, 0.5) is 0 Å². The van der Waals surface area contributed by atoms with Crippen LogP contribution >= 0.6 is 0 Å². The molecule has 42 valence electrons. The summed E-state index contributed by atoms with van der Waals surface area (Å²) in [5.74, 6) is 0. The molecule has 0 saturated carbocycles. The molecule has 0 rings (SSSR count). The van der Waals surface area contributed by atoms with E-state index in [0.717, 1.165) is 6.54 Å². The van der Waals surface area contributed by atoms with Gasteiger partial charge in [-0.2, -0.15) is 5.26 Å². The molecule has 0 aliphatic rings. The first-order chi connectivity index (χ1) is 3.33. The summed E-state index contributed by atoms with van der Waals surface area (Å²) in [7, 11) is 0. The molecule has 0 aromatic rings. The van der Waals surface area contributed by atoms with Gasteiger partial charge in [-0.05, 0) is 6.54 Å². The summed E-state index contributed by atoms with van der Waals surface area (Å²) in [5, 5.41) is 7.62. The number of hydrogen-bond donors (Lipinski definition) is 1. The molecule has 0 aromatic carbocycles. The maximum absolute atomic E-state index is 7.62. The molecule has 0 amide bonds. The Hall–Kier alpha value is -0.550. The minimum Gasteiger partial charge on any atom is -0.331 e. The quantitative estimate of drug-likeness (QED) is 0.491. The molecule has 0 aliphatic heterocycles. The lowest BCUT2D eigenvalue weighted by Gasteiger charge is -1.53. The van der Waals surface area contributed by atoms with Crippen LogP contribution in [0.5, 0.6) is 0 Å². The molecule has 0 radical (unpaired) electrons. The Kier molecular flexibility index (Phi) is 24.8. The number of nitrogens with two attached hydrogens (primary N) is 1. The summed E-state index contributed by atoms with van der Waals surface area (Å²) in [5.41, 5.74) is 4.85. The van der Waals surface area contributed by atoms with Gasteiger partial charge in [-0.25, -0.2) is 0 Å². The minimum atomic E-state index is 0.625. The van der Waals surface area contributed by atoms with Crippen LogP contribution in [0.15, 0.2) is 0 Å². The van der Waals surface area contributed by atoms with Crippen LogP contribution in [0.25, 0.3) is 0 Å². The first-order valence-electron chi connectivity index (χ1n) is 2.40. The van der Waals surface area contributed by atoms with Gasteiger partial charge in [0.1, 0.15) is 0 Å². The van der Waals surface area contributed by atoms with Crippen molar-refractivity contribution in [1.82, 2.24) is 0 Å².